The molecule has 0 aliphatic heterocycles. The van der Waals surface area contributed by atoms with Crippen molar-refractivity contribution in [3.05, 3.63) is 30.1 Å². The lowest BCUT2D eigenvalue weighted by Crippen LogP contribution is -1.93. The molecule has 2 rings (SSSR count). The summed E-state index contributed by atoms with van der Waals surface area (Å²) in [5.41, 5.74) is 8.52. The van der Waals surface area contributed by atoms with Gasteiger partial charge in [0.25, 0.3) is 0 Å². The molecule has 0 radical (unpaired) electrons. The largest absolute Gasteiger partial charge is 0.398 e. The van der Waals surface area contributed by atoms with Crippen molar-refractivity contribution in [2.75, 3.05) is 5.73 Å². The van der Waals surface area contributed by atoms with Gasteiger partial charge in [-0.1, -0.05) is 12.1 Å². The number of nitrogens with two attached hydrogens (primary N) is 1. The van der Waals surface area contributed by atoms with Gasteiger partial charge in [0.05, 0.1) is 0 Å². The summed E-state index contributed by atoms with van der Waals surface area (Å²) in [4.78, 5) is 4.06. The number of hydrogen-bond acceptors (Lipinski definition) is 3. The zero-order chi connectivity index (χ0) is 9.26. The summed E-state index contributed by atoms with van der Waals surface area (Å²) in [7, 11) is 0. The van der Waals surface area contributed by atoms with E-state index in [4.69, 9.17) is 5.73 Å². The summed E-state index contributed by atoms with van der Waals surface area (Å²) in [5.74, 6) is 0.649. The average molecular weight is 174 g/mol. The van der Waals surface area contributed by atoms with Gasteiger partial charge in [0, 0.05) is 11.3 Å². The summed E-state index contributed by atoms with van der Waals surface area (Å²) >= 11 is 0. The molecule has 1 heterocycles. The molecule has 0 aliphatic rings. The first-order valence-corrected chi connectivity index (χ1v) is 4.00. The van der Waals surface area contributed by atoms with Crippen molar-refractivity contribution >= 4 is 5.69 Å². The highest BCUT2D eigenvalue weighted by Crippen LogP contribution is 2.25. The number of nitrogen functional groups attached to an aromatic ring is 1. The molecule has 4 heteroatoms. The van der Waals surface area contributed by atoms with E-state index in [0.717, 1.165) is 11.1 Å². The summed E-state index contributed by atoms with van der Waals surface area (Å²) in [6.07, 6.45) is 1.54. The van der Waals surface area contributed by atoms with Crippen LogP contribution in [-0.4, -0.2) is 15.2 Å². The molecule has 4 nitrogen and oxygen atoms in total. The zero-order valence-corrected chi connectivity index (χ0v) is 7.28. The van der Waals surface area contributed by atoms with E-state index in [1.54, 1.807) is 6.33 Å². The number of H-pyrrole nitrogens is 1. The maximum absolute atomic E-state index is 5.82. The van der Waals surface area contributed by atoms with Crippen LogP contribution in [0, 0.1) is 6.92 Å². The van der Waals surface area contributed by atoms with Gasteiger partial charge in [-0.25, -0.2) is 4.98 Å². The van der Waals surface area contributed by atoms with Crippen LogP contribution in [0.5, 0.6) is 0 Å². The number of aromatic amines is 1. The van der Waals surface area contributed by atoms with Crippen LogP contribution in [0.3, 0.4) is 0 Å². The van der Waals surface area contributed by atoms with E-state index >= 15 is 0 Å². The molecule has 0 saturated heterocycles. The minimum Gasteiger partial charge on any atom is -0.398 e. The first-order chi connectivity index (χ1) is 6.29. The predicted octanol–water partition coefficient (Wildman–Crippen LogP) is 1.36. The van der Waals surface area contributed by atoms with E-state index in [-0.39, 0.29) is 0 Å². The van der Waals surface area contributed by atoms with Gasteiger partial charge in [-0.15, -0.1) is 0 Å². The maximum Gasteiger partial charge on any atom is 0.183 e. The molecule has 3 N–H and O–H groups in total. The Labute approximate surface area is 75.8 Å². The van der Waals surface area contributed by atoms with Crippen LogP contribution in [0.15, 0.2) is 24.5 Å². The highest BCUT2D eigenvalue weighted by molar-refractivity contribution is 5.74. The Balaban J connectivity index is 2.64. The third-order valence-electron chi connectivity index (χ3n) is 1.94. The SMILES string of the molecule is Cc1cccc(N)c1-c1nc[nH]n1. The molecule has 0 saturated carbocycles. The van der Waals surface area contributed by atoms with Crippen LogP contribution in [-0.2, 0) is 0 Å². The standard InChI is InChI=1S/C9H10N4/c1-6-3-2-4-7(10)8(6)9-11-5-12-13-9/h2-5H,10H2,1H3,(H,11,12,13). The smallest absolute Gasteiger partial charge is 0.183 e. The average Bonchev–Trinajstić information content (AvgIpc) is 2.57. The zero-order valence-electron chi connectivity index (χ0n) is 7.28. The molecule has 0 atom stereocenters. The quantitative estimate of drug-likeness (QED) is 0.641. The molecular formula is C9H10N4. The molecule has 0 unspecified atom stereocenters. The molecule has 0 amide bonds. The monoisotopic (exact) mass is 174 g/mol. The lowest BCUT2D eigenvalue weighted by atomic mass is 10.1. The minimum atomic E-state index is 0.649. The van der Waals surface area contributed by atoms with E-state index in [1.807, 2.05) is 25.1 Å². The molecule has 0 aliphatic carbocycles. The van der Waals surface area contributed by atoms with Gasteiger partial charge in [0.2, 0.25) is 0 Å². The highest BCUT2D eigenvalue weighted by Gasteiger charge is 2.08. The Hall–Kier alpha value is -1.84. The maximum atomic E-state index is 5.82. The van der Waals surface area contributed by atoms with Crippen LogP contribution in [0.2, 0.25) is 0 Å². The Morgan fingerprint density at radius 3 is 2.85 bits per heavy atom. The predicted molar refractivity (Wildman–Crippen MR) is 51.0 cm³/mol. The molecule has 1 aromatic heterocycles. The fraction of sp³-hybridized carbons (Fsp3) is 0.111. The third-order valence-corrected chi connectivity index (χ3v) is 1.94. The number of rotatable bonds is 1. The number of anilines is 1. The summed E-state index contributed by atoms with van der Waals surface area (Å²) in [5, 5.41) is 6.66. The van der Waals surface area contributed by atoms with Crippen LogP contribution in [0.1, 0.15) is 5.56 Å². The fourth-order valence-electron chi connectivity index (χ4n) is 1.33. The van der Waals surface area contributed by atoms with E-state index in [0.29, 0.717) is 11.5 Å². The molecule has 1 aromatic carbocycles. The second kappa shape index (κ2) is 2.90. The lowest BCUT2D eigenvalue weighted by Gasteiger charge is -2.04. The molecule has 13 heavy (non-hydrogen) atoms. The van der Waals surface area contributed by atoms with E-state index < -0.39 is 0 Å². The van der Waals surface area contributed by atoms with Crippen molar-refractivity contribution in [2.24, 2.45) is 0 Å². The van der Waals surface area contributed by atoms with Gasteiger partial charge < -0.3 is 5.73 Å². The first-order valence-electron chi connectivity index (χ1n) is 4.00. The minimum absolute atomic E-state index is 0.649. The molecule has 0 spiro atoms. The Kier molecular flexibility index (Phi) is 1.73. The molecule has 2 aromatic rings. The number of hydrogen-bond donors (Lipinski definition) is 2. The highest BCUT2D eigenvalue weighted by atomic mass is 15.2. The summed E-state index contributed by atoms with van der Waals surface area (Å²) < 4.78 is 0. The van der Waals surface area contributed by atoms with Gasteiger partial charge in [-0.3, -0.25) is 5.10 Å². The van der Waals surface area contributed by atoms with Crippen LogP contribution in [0.25, 0.3) is 11.4 Å². The molecule has 0 fully saturated rings. The van der Waals surface area contributed by atoms with Crippen LogP contribution in [0.4, 0.5) is 5.69 Å². The van der Waals surface area contributed by atoms with E-state index in [9.17, 15) is 0 Å². The first kappa shape index (κ1) is 7.79. The van der Waals surface area contributed by atoms with Gasteiger partial charge in [0.1, 0.15) is 6.33 Å². The van der Waals surface area contributed by atoms with E-state index in [1.165, 1.54) is 0 Å². The van der Waals surface area contributed by atoms with Crippen LogP contribution >= 0.6 is 0 Å². The van der Waals surface area contributed by atoms with Crippen molar-refractivity contribution < 1.29 is 0 Å². The van der Waals surface area contributed by atoms with Crippen molar-refractivity contribution in [1.82, 2.24) is 15.2 Å². The van der Waals surface area contributed by atoms with Gasteiger partial charge in [-0.2, -0.15) is 5.10 Å². The Morgan fingerprint density at radius 1 is 1.38 bits per heavy atom. The second-order valence-corrected chi connectivity index (χ2v) is 2.86. The second-order valence-electron chi connectivity index (χ2n) is 2.86. The molecule has 0 bridgehead atoms. The number of nitrogens with zero attached hydrogens (tertiary/aromatic N) is 2. The number of aromatic nitrogens is 3. The fourth-order valence-corrected chi connectivity index (χ4v) is 1.33. The van der Waals surface area contributed by atoms with Crippen molar-refractivity contribution in [1.29, 1.82) is 0 Å². The lowest BCUT2D eigenvalue weighted by molar-refractivity contribution is 1.09. The topological polar surface area (TPSA) is 67.6 Å². The van der Waals surface area contributed by atoms with Crippen LogP contribution < -0.4 is 5.73 Å². The Bertz CT molecular complexity index is 385. The third kappa shape index (κ3) is 1.26. The van der Waals surface area contributed by atoms with Gasteiger partial charge in [-0.05, 0) is 18.6 Å². The summed E-state index contributed by atoms with van der Waals surface area (Å²) in [6.45, 7) is 1.99. The number of aryl methyl sites for hydroxylation is 1. The normalized spacial score (nSPS) is 10.2. The van der Waals surface area contributed by atoms with E-state index in [2.05, 4.69) is 15.2 Å². The number of nitrogens with one attached hydrogen (secondary N) is 1. The molecule has 66 valence electrons. The van der Waals surface area contributed by atoms with Crippen molar-refractivity contribution in [3.8, 4) is 11.4 Å². The van der Waals surface area contributed by atoms with Gasteiger partial charge >= 0.3 is 0 Å². The Morgan fingerprint density at radius 2 is 2.23 bits per heavy atom. The van der Waals surface area contributed by atoms with Crippen molar-refractivity contribution in [3.63, 3.8) is 0 Å². The summed E-state index contributed by atoms with van der Waals surface area (Å²) in [6, 6.07) is 5.75. The number of benzene rings is 1. The van der Waals surface area contributed by atoms with Crippen molar-refractivity contribution in [2.45, 2.75) is 6.92 Å². The van der Waals surface area contributed by atoms with Gasteiger partial charge in [0.15, 0.2) is 5.82 Å². The molecular weight excluding hydrogens is 164 g/mol.